The second-order valence-electron chi connectivity index (χ2n) is 5.70. The molecule has 0 spiro atoms. The minimum atomic E-state index is -0.106. The fourth-order valence-electron chi connectivity index (χ4n) is 2.82. The smallest absolute Gasteiger partial charge is 0.244 e. The maximum absolute atomic E-state index is 12.0. The van der Waals surface area contributed by atoms with Crippen LogP contribution in [-0.2, 0) is 4.79 Å². The van der Waals surface area contributed by atoms with Gasteiger partial charge in [-0.2, -0.15) is 0 Å². The molecule has 3 rings (SSSR count). The van der Waals surface area contributed by atoms with Crippen LogP contribution in [0.2, 0.25) is 0 Å². The molecule has 1 atom stereocenters. The zero-order valence-corrected chi connectivity index (χ0v) is 14.0. The van der Waals surface area contributed by atoms with E-state index < -0.39 is 0 Å². The highest BCUT2D eigenvalue weighted by atomic mass is 32.1. The minimum Gasteiger partial charge on any atom is -0.465 e. The number of nitrogens with one attached hydrogen (secondary N) is 1. The summed E-state index contributed by atoms with van der Waals surface area (Å²) in [5, 5.41) is 4.88. The highest BCUT2D eigenvalue weighted by Gasteiger charge is 2.26. The lowest BCUT2D eigenvalue weighted by atomic mass is 10.2. The van der Waals surface area contributed by atoms with Crippen molar-refractivity contribution in [1.82, 2.24) is 15.2 Å². The molecule has 1 saturated heterocycles. The maximum atomic E-state index is 12.0. The van der Waals surface area contributed by atoms with Gasteiger partial charge in [-0.05, 0) is 51.1 Å². The van der Waals surface area contributed by atoms with Gasteiger partial charge in [-0.1, -0.05) is 0 Å². The molecule has 1 N–H and O–H groups in total. The van der Waals surface area contributed by atoms with Crippen molar-refractivity contribution in [2.45, 2.75) is 25.8 Å². The molecule has 1 aliphatic rings. The molecule has 1 amide bonds. The van der Waals surface area contributed by atoms with Gasteiger partial charge in [0.15, 0.2) is 0 Å². The quantitative estimate of drug-likeness (QED) is 0.827. The van der Waals surface area contributed by atoms with E-state index in [1.165, 1.54) is 30.3 Å². The lowest BCUT2D eigenvalue weighted by molar-refractivity contribution is -0.116. The zero-order valence-electron chi connectivity index (χ0n) is 13.2. The van der Waals surface area contributed by atoms with E-state index in [0.29, 0.717) is 6.54 Å². The summed E-state index contributed by atoms with van der Waals surface area (Å²) in [7, 11) is 0. The predicted octanol–water partition coefficient (Wildman–Crippen LogP) is 3.01. The van der Waals surface area contributed by atoms with Crippen molar-refractivity contribution >= 4 is 23.3 Å². The Balaban J connectivity index is 1.61. The number of carbonyl (C=O) groups is 1. The third-order valence-corrected chi connectivity index (χ3v) is 4.60. The van der Waals surface area contributed by atoms with E-state index in [4.69, 9.17) is 4.42 Å². The summed E-state index contributed by atoms with van der Waals surface area (Å²) in [6, 6.07) is 4.08. The van der Waals surface area contributed by atoms with Gasteiger partial charge in [-0.25, -0.2) is 4.98 Å². The Morgan fingerprint density at radius 1 is 1.48 bits per heavy atom. The molecular weight excluding hydrogens is 310 g/mol. The molecular formula is C17H21N3O2S. The van der Waals surface area contributed by atoms with Gasteiger partial charge in [0, 0.05) is 18.0 Å². The molecule has 0 aliphatic carbocycles. The Bertz CT molecular complexity index is 657. The number of hydrogen-bond donors (Lipinski definition) is 1. The van der Waals surface area contributed by atoms with Gasteiger partial charge in [0.2, 0.25) is 5.91 Å². The Labute approximate surface area is 140 Å². The molecule has 1 aliphatic heterocycles. The third kappa shape index (κ3) is 4.30. The molecule has 122 valence electrons. The fourth-order valence-corrected chi connectivity index (χ4v) is 3.34. The van der Waals surface area contributed by atoms with Crippen LogP contribution in [0.15, 0.2) is 33.5 Å². The van der Waals surface area contributed by atoms with E-state index >= 15 is 0 Å². The second kappa shape index (κ2) is 7.57. The molecule has 6 heteroatoms. The summed E-state index contributed by atoms with van der Waals surface area (Å²) in [6.07, 6.45) is 5.67. The number of aryl methyl sites for hydroxylation is 1. The number of likely N-dealkylation sites (tertiary alicyclic amines) is 1. The normalized spacial score (nSPS) is 16.9. The molecule has 2 aromatic rings. The molecule has 0 aromatic carbocycles. The van der Waals surface area contributed by atoms with Crippen LogP contribution in [0.5, 0.6) is 0 Å². The van der Waals surface area contributed by atoms with E-state index in [1.807, 2.05) is 24.4 Å². The first-order valence-electron chi connectivity index (χ1n) is 7.87. The molecule has 23 heavy (non-hydrogen) atoms. The maximum Gasteiger partial charge on any atom is 0.244 e. The SMILES string of the molecule is Cc1ccc([C@H](CNC(=O)/C=C\c2cscn2)N2CCCC2)o1. The molecule has 2 aromatic heterocycles. The number of furan rings is 1. The Kier molecular flexibility index (Phi) is 5.25. The highest BCUT2D eigenvalue weighted by molar-refractivity contribution is 7.07. The van der Waals surface area contributed by atoms with Crippen molar-refractivity contribution in [2.75, 3.05) is 19.6 Å². The first kappa shape index (κ1) is 16.0. The van der Waals surface area contributed by atoms with Crippen LogP contribution in [-0.4, -0.2) is 35.4 Å². The van der Waals surface area contributed by atoms with Crippen LogP contribution >= 0.6 is 11.3 Å². The summed E-state index contributed by atoms with van der Waals surface area (Å²) >= 11 is 1.51. The zero-order chi connectivity index (χ0) is 16.1. The lowest BCUT2D eigenvalue weighted by Crippen LogP contribution is -2.36. The van der Waals surface area contributed by atoms with Crippen molar-refractivity contribution in [3.05, 3.63) is 46.3 Å². The molecule has 1 fully saturated rings. The summed E-state index contributed by atoms with van der Waals surface area (Å²) in [4.78, 5) is 18.5. The van der Waals surface area contributed by atoms with Gasteiger partial charge >= 0.3 is 0 Å². The van der Waals surface area contributed by atoms with Gasteiger partial charge < -0.3 is 9.73 Å². The van der Waals surface area contributed by atoms with E-state index in [2.05, 4.69) is 15.2 Å². The number of thiazole rings is 1. The number of carbonyl (C=O) groups excluding carboxylic acids is 1. The fraction of sp³-hybridized carbons (Fsp3) is 0.412. The topological polar surface area (TPSA) is 58.4 Å². The van der Waals surface area contributed by atoms with Crippen molar-refractivity contribution in [2.24, 2.45) is 0 Å². The highest BCUT2D eigenvalue weighted by Crippen LogP contribution is 2.26. The molecule has 0 bridgehead atoms. The average molecular weight is 331 g/mol. The van der Waals surface area contributed by atoms with Crippen molar-refractivity contribution in [3.8, 4) is 0 Å². The summed E-state index contributed by atoms with van der Waals surface area (Å²) in [5.74, 6) is 1.72. The van der Waals surface area contributed by atoms with Crippen LogP contribution in [0.4, 0.5) is 0 Å². The average Bonchev–Trinajstić information content (AvgIpc) is 3.28. The van der Waals surface area contributed by atoms with Gasteiger partial charge in [0.05, 0.1) is 17.2 Å². The van der Waals surface area contributed by atoms with Crippen molar-refractivity contribution < 1.29 is 9.21 Å². The summed E-state index contributed by atoms with van der Waals surface area (Å²) < 4.78 is 5.79. The number of rotatable bonds is 6. The standard InChI is InChI=1S/C17H21N3O2S/c1-13-4-6-16(22-13)15(20-8-2-3-9-20)10-18-17(21)7-5-14-11-23-12-19-14/h4-7,11-12,15H,2-3,8-10H2,1H3,(H,18,21)/b7-5-/t15-/m0/s1. The first-order valence-corrected chi connectivity index (χ1v) is 8.81. The van der Waals surface area contributed by atoms with Crippen LogP contribution in [0.1, 0.15) is 36.1 Å². The van der Waals surface area contributed by atoms with Gasteiger partial charge in [0.1, 0.15) is 11.5 Å². The van der Waals surface area contributed by atoms with E-state index in [0.717, 1.165) is 30.3 Å². The van der Waals surface area contributed by atoms with E-state index in [-0.39, 0.29) is 11.9 Å². The molecule has 0 unspecified atom stereocenters. The Hall–Kier alpha value is -1.92. The van der Waals surface area contributed by atoms with Crippen molar-refractivity contribution in [1.29, 1.82) is 0 Å². The monoisotopic (exact) mass is 331 g/mol. The van der Waals surface area contributed by atoms with E-state index in [9.17, 15) is 4.79 Å². The van der Waals surface area contributed by atoms with Crippen molar-refractivity contribution in [3.63, 3.8) is 0 Å². The largest absolute Gasteiger partial charge is 0.465 e. The summed E-state index contributed by atoms with van der Waals surface area (Å²) in [5.41, 5.74) is 2.56. The number of hydrogen-bond acceptors (Lipinski definition) is 5. The first-order chi connectivity index (χ1) is 11.2. The summed E-state index contributed by atoms with van der Waals surface area (Å²) in [6.45, 7) is 4.59. The van der Waals surface area contributed by atoms with Crippen LogP contribution in [0, 0.1) is 6.92 Å². The lowest BCUT2D eigenvalue weighted by Gasteiger charge is -2.25. The molecule has 3 heterocycles. The number of aromatic nitrogens is 1. The van der Waals surface area contributed by atoms with Gasteiger partial charge in [-0.3, -0.25) is 9.69 Å². The number of amides is 1. The van der Waals surface area contributed by atoms with Crippen LogP contribution in [0.25, 0.3) is 6.08 Å². The Morgan fingerprint density at radius 2 is 2.30 bits per heavy atom. The molecule has 0 radical (unpaired) electrons. The Morgan fingerprint density at radius 3 is 2.96 bits per heavy atom. The predicted molar refractivity (Wildman–Crippen MR) is 91.2 cm³/mol. The van der Waals surface area contributed by atoms with Gasteiger partial charge in [0.25, 0.3) is 0 Å². The molecule has 0 saturated carbocycles. The van der Waals surface area contributed by atoms with Gasteiger partial charge in [-0.15, -0.1) is 11.3 Å². The number of nitrogens with zero attached hydrogens (tertiary/aromatic N) is 2. The second-order valence-corrected chi connectivity index (χ2v) is 6.42. The molecule has 5 nitrogen and oxygen atoms in total. The van der Waals surface area contributed by atoms with Crippen LogP contribution in [0.3, 0.4) is 0 Å². The van der Waals surface area contributed by atoms with E-state index in [1.54, 1.807) is 11.6 Å². The minimum absolute atomic E-state index is 0.0998. The van der Waals surface area contributed by atoms with Crippen LogP contribution < -0.4 is 5.32 Å². The third-order valence-electron chi connectivity index (χ3n) is 4.00.